The van der Waals surface area contributed by atoms with Crippen molar-refractivity contribution in [3.63, 3.8) is 0 Å². The van der Waals surface area contributed by atoms with Crippen LogP contribution >= 0.6 is 0 Å². The molecule has 0 aliphatic heterocycles. The molecule has 0 spiro atoms. The first-order valence-corrected chi connectivity index (χ1v) is 8.22. The minimum absolute atomic E-state index is 0.0578. The molecule has 3 rings (SSSR count). The Kier molecular flexibility index (Phi) is 5.35. The number of aromatic nitrogens is 2. The number of nitrogen functional groups attached to an aromatic ring is 2. The third kappa shape index (κ3) is 3.68. The maximum absolute atomic E-state index is 14.5. The first-order chi connectivity index (χ1) is 13.5. The van der Waals surface area contributed by atoms with Gasteiger partial charge in [-0.3, -0.25) is 0 Å². The fraction of sp³-hybridized carbons (Fsp3) is 0.158. The topological polar surface area (TPSA) is 118 Å². The number of hydrogen-bond acceptors (Lipinski definition) is 8. The molecule has 0 unspecified atom stereocenters. The second kappa shape index (κ2) is 7.87. The smallest absolute Gasteiger partial charge is 0.229 e. The van der Waals surface area contributed by atoms with Crippen LogP contribution in [0, 0.1) is 5.82 Å². The van der Waals surface area contributed by atoms with E-state index in [1.54, 1.807) is 36.4 Å². The van der Waals surface area contributed by atoms with Gasteiger partial charge in [-0.05, 0) is 12.1 Å². The summed E-state index contributed by atoms with van der Waals surface area (Å²) in [6, 6.07) is 9.96. The molecule has 0 atom stereocenters. The number of methoxy groups -OCH3 is 3. The van der Waals surface area contributed by atoms with Crippen LogP contribution in [0.25, 0.3) is 11.3 Å². The quantitative estimate of drug-likeness (QED) is 0.554. The molecule has 0 bridgehead atoms. The number of ether oxygens (including phenoxy) is 3. The third-order valence-corrected chi connectivity index (χ3v) is 3.98. The van der Waals surface area contributed by atoms with Crippen LogP contribution in [0.5, 0.6) is 17.2 Å². The van der Waals surface area contributed by atoms with Crippen molar-refractivity contribution in [3.8, 4) is 28.5 Å². The van der Waals surface area contributed by atoms with Gasteiger partial charge in [-0.15, -0.1) is 0 Å². The number of halogens is 1. The Hall–Kier alpha value is -3.75. The molecular formula is C19H20FN5O3. The number of nitrogens with zero attached hydrogens (tertiary/aromatic N) is 2. The standard InChI is InChI=1S/C19H20FN5O3/c1-26-13-8-12(9-14(27-2)17(13)28-3)23-19-24-16(15(20)18(22)25-19)10-4-6-11(21)7-5-10/h4-9H,21H2,1-3H3,(H3,22,23,24,25). The SMILES string of the molecule is COc1cc(Nc2nc(N)c(F)c(-c3ccc(N)cc3)n2)cc(OC)c1OC. The average Bonchev–Trinajstić information content (AvgIpc) is 2.70. The van der Waals surface area contributed by atoms with Gasteiger partial charge in [-0.2, -0.15) is 4.98 Å². The predicted molar refractivity (Wildman–Crippen MR) is 106 cm³/mol. The van der Waals surface area contributed by atoms with Crippen LogP contribution in [0.3, 0.4) is 0 Å². The van der Waals surface area contributed by atoms with Gasteiger partial charge in [0.25, 0.3) is 0 Å². The Bertz CT molecular complexity index is 971. The molecule has 0 aliphatic rings. The minimum Gasteiger partial charge on any atom is -0.493 e. The Morgan fingerprint density at radius 2 is 1.50 bits per heavy atom. The van der Waals surface area contributed by atoms with E-state index in [9.17, 15) is 4.39 Å². The second-order valence-corrected chi connectivity index (χ2v) is 5.76. The van der Waals surface area contributed by atoms with Crippen LogP contribution in [-0.4, -0.2) is 31.3 Å². The summed E-state index contributed by atoms with van der Waals surface area (Å²) in [4.78, 5) is 8.22. The van der Waals surface area contributed by atoms with Crippen molar-refractivity contribution in [2.45, 2.75) is 0 Å². The van der Waals surface area contributed by atoms with E-state index in [1.165, 1.54) is 21.3 Å². The van der Waals surface area contributed by atoms with E-state index in [1.807, 2.05) is 0 Å². The zero-order valence-electron chi connectivity index (χ0n) is 15.6. The summed E-state index contributed by atoms with van der Waals surface area (Å²) in [6.07, 6.45) is 0. The van der Waals surface area contributed by atoms with E-state index in [2.05, 4.69) is 15.3 Å². The number of benzene rings is 2. The number of nitrogens with one attached hydrogen (secondary N) is 1. The highest BCUT2D eigenvalue weighted by atomic mass is 19.1. The van der Waals surface area contributed by atoms with E-state index in [-0.39, 0.29) is 17.5 Å². The molecule has 1 heterocycles. The molecule has 2 aromatic carbocycles. The summed E-state index contributed by atoms with van der Waals surface area (Å²) in [5.41, 5.74) is 13.1. The van der Waals surface area contributed by atoms with Gasteiger partial charge in [0.2, 0.25) is 11.7 Å². The first-order valence-electron chi connectivity index (χ1n) is 8.22. The molecule has 0 radical (unpaired) electrons. The fourth-order valence-corrected chi connectivity index (χ4v) is 2.63. The number of hydrogen-bond donors (Lipinski definition) is 3. The fourth-order valence-electron chi connectivity index (χ4n) is 2.63. The summed E-state index contributed by atoms with van der Waals surface area (Å²) in [5.74, 6) is 0.450. The Morgan fingerprint density at radius 3 is 2.04 bits per heavy atom. The van der Waals surface area contributed by atoms with E-state index in [0.717, 1.165) is 0 Å². The van der Waals surface area contributed by atoms with Gasteiger partial charge >= 0.3 is 0 Å². The minimum atomic E-state index is -0.708. The third-order valence-electron chi connectivity index (χ3n) is 3.98. The Balaban J connectivity index is 2.02. The van der Waals surface area contributed by atoms with Crippen molar-refractivity contribution >= 4 is 23.1 Å². The van der Waals surface area contributed by atoms with Crippen molar-refractivity contribution in [2.24, 2.45) is 0 Å². The summed E-state index contributed by atoms with van der Waals surface area (Å²) in [6.45, 7) is 0. The maximum atomic E-state index is 14.5. The van der Waals surface area contributed by atoms with Gasteiger partial charge < -0.3 is 31.0 Å². The average molecular weight is 385 g/mol. The molecular weight excluding hydrogens is 365 g/mol. The molecule has 0 saturated carbocycles. The monoisotopic (exact) mass is 385 g/mol. The highest BCUT2D eigenvalue weighted by Gasteiger charge is 2.17. The van der Waals surface area contributed by atoms with Crippen LogP contribution in [0.4, 0.5) is 27.5 Å². The van der Waals surface area contributed by atoms with Crippen LogP contribution in [0.1, 0.15) is 0 Å². The lowest BCUT2D eigenvalue weighted by molar-refractivity contribution is 0.324. The molecule has 28 heavy (non-hydrogen) atoms. The highest BCUT2D eigenvalue weighted by molar-refractivity contribution is 5.70. The zero-order valence-corrected chi connectivity index (χ0v) is 15.6. The van der Waals surface area contributed by atoms with Gasteiger partial charge in [-0.1, -0.05) is 12.1 Å². The molecule has 1 aromatic heterocycles. The van der Waals surface area contributed by atoms with Gasteiger partial charge in [-0.25, -0.2) is 9.37 Å². The maximum Gasteiger partial charge on any atom is 0.229 e. The van der Waals surface area contributed by atoms with Crippen LogP contribution in [-0.2, 0) is 0 Å². The molecule has 0 amide bonds. The van der Waals surface area contributed by atoms with Gasteiger partial charge in [0.1, 0.15) is 5.69 Å². The summed E-state index contributed by atoms with van der Waals surface area (Å²) >= 11 is 0. The molecule has 9 heteroatoms. The number of rotatable bonds is 6. The first kappa shape index (κ1) is 19.0. The summed E-state index contributed by atoms with van der Waals surface area (Å²) in [5, 5.41) is 2.99. The zero-order chi connectivity index (χ0) is 20.3. The van der Waals surface area contributed by atoms with Crippen molar-refractivity contribution < 1.29 is 18.6 Å². The normalized spacial score (nSPS) is 10.4. The Morgan fingerprint density at radius 1 is 0.893 bits per heavy atom. The predicted octanol–water partition coefficient (Wildman–Crippen LogP) is 3.22. The lowest BCUT2D eigenvalue weighted by Crippen LogP contribution is -2.06. The van der Waals surface area contributed by atoms with E-state index in [4.69, 9.17) is 25.7 Å². The van der Waals surface area contributed by atoms with Gasteiger partial charge in [0, 0.05) is 29.1 Å². The van der Waals surface area contributed by atoms with E-state index < -0.39 is 5.82 Å². The number of nitrogens with two attached hydrogens (primary N) is 2. The molecule has 8 nitrogen and oxygen atoms in total. The van der Waals surface area contributed by atoms with Crippen molar-refractivity contribution in [1.29, 1.82) is 0 Å². The lowest BCUT2D eigenvalue weighted by Gasteiger charge is -2.15. The van der Waals surface area contributed by atoms with Crippen LogP contribution < -0.4 is 31.0 Å². The van der Waals surface area contributed by atoms with Gasteiger partial charge in [0.05, 0.1) is 21.3 Å². The molecule has 0 saturated heterocycles. The molecule has 0 aliphatic carbocycles. The van der Waals surface area contributed by atoms with Crippen molar-refractivity contribution in [3.05, 3.63) is 42.2 Å². The van der Waals surface area contributed by atoms with Crippen molar-refractivity contribution in [1.82, 2.24) is 9.97 Å². The van der Waals surface area contributed by atoms with Crippen molar-refractivity contribution in [2.75, 3.05) is 38.1 Å². The van der Waals surface area contributed by atoms with Crippen LogP contribution in [0.2, 0.25) is 0 Å². The molecule has 3 aromatic rings. The van der Waals surface area contributed by atoms with Gasteiger partial charge in [0.15, 0.2) is 23.1 Å². The molecule has 146 valence electrons. The highest BCUT2D eigenvalue weighted by Crippen LogP contribution is 2.40. The molecule has 5 N–H and O–H groups in total. The summed E-state index contributed by atoms with van der Waals surface area (Å²) in [7, 11) is 4.52. The summed E-state index contributed by atoms with van der Waals surface area (Å²) < 4.78 is 30.4. The van der Waals surface area contributed by atoms with E-state index in [0.29, 0.717) is 34.2 Å². The lowest BCUT2D eigenvalue weighted by atomic mass is 10.1. The molecule has 0 fully saturated rings. The number of anilines is 4. The van der Waals surface area contributed by atoms with E-state index >= 15 is 0 Å². The second-order valence-electron chi connectivity index (χ2n) is 5.76. The Labute approximate surface area is 161 Å². The van der Waals surface area contributed by atoms with Crippen LogP contribution in [0.15, 0.2) is 36.4 Å². The largest absolute Gasteiger partial charge is 0.493 e.